The standard InChI is InChI=1S/C14H18ClF3N2/c1-19-13-2-4-20(5-3-13)9-10-6-11(14(16,17)18)8-12(15)7-10/h6-8,13,19H,2-5,9H2,1H3. The molecule has 112 valence electrons. The number of benzene rings is 1. The number of nitrogens with one attached hydrogen (secondary N) is 1. The van der Waals surface area contributed by atoms with Crippen LogP contribution in [-0.2, 0) is 12.7 Å². The second-order valence-electron chi connectivity index (χ2n) is 5.19. The average molecular weight is 307 g/mol. The van der Waals surface area contributed by atoms with Crippen LogP contribution < -0.4 is 5.32 Å². The van der Waals surface area contributed by atoms with E-state index in [4.69, 9.17) is 11.6 Å². The Morgan fingerprint density at radius 1 is 1.25 bits per heavy atom. The largest absolute Gasteiger partial charge is 0.416 e. The van der Waals surface area contributed by atoms with E-state index in [1.165, 1.54) is 6.07 Å². The minimum absolute atomic E-state index is 0.139. The van der Waals surface area contributed by atoms with E-state index >= 15 is 0 Å². The molecule has 1 aromatic rings. The molecule has 0 atom stereocenters. The molecule has 0 aromatic heterocycles. The van der Waals surface area contributed by atoms with Crippen molar-refractivity contribution in [3.63, 3.8) is 0 Å². The van der Waals surface area contributed by atoms with Gasteiger partial charge < -0.3 is 5.32 Å². The van der Waals surface area contributed by atoms with Crippen LogP contribution in [0.2, 0.25) is 5.02 Å². The average Bonchev–Trinajstić information content (AvgIpc) is 2.38. The third-order valence-electron chi connectivity index (χ3n) is 3.69. The first-order valence-electron chi connectivity index (χ1n) is 6.65. The predicted octanol–water partition coefficient (Wildman–Crippen LogP) is 3.54. The molecule has 0 saturated carbocycles. The van der Waals surface area contributed by atoms with Gasteiger partial charge in [-0.25, -0.2) is 0 Å². The fourth-order valence-corrected chi connectivity index (χ4v) is 2.80. The summed E-state index contributed by atoms with van der Waals surface area (Å²) in [5.41, 5.74) is -0.0576. The van der Waals surface area contributed by atoms with Gasteiger partial charge in [0.15, 0.2) is 0 Å². The van der Waals surface area contributed by atoms with Crippen LogP contribution >= 0.6 is 11.6 Å². The molecule has 1 fully saturated rings. The van der Waals surface area contributed by atoms with Gasteiger partial charge in [0.05, 0.1) is 5.56 Å². The van der Waals surface area contributed by atoms with Crippen LogP contribution in [0.25, 0.3) is 0 Å². The van der Waals surface area contributed by atoms with Crippen LogP contribution in [0.15, 0.2) is 18.2 Å². The third-order valence-corrected chi connectivity index (χ3v) is 3.91. The van der Waals surface area contributed by atoms with E-state index in [1.807, 2.05) is 7.05 Å². The fraction of sp³-hybridized carbons (Fsp3) is 0.571. The number of piperidine rings is 1. The minimum Gasteiger partial charge on any atom is -0.317 e. The summed E-state index contributed by atoms with van der Waals surface area (Å²) in [4.78, 5) is 2.17. The summed E-state index contributed by atoms with van der Waals surface area (Å²) in [7, 11) is 1.94. The molecular formula is C14H18ClF3N2. The first-order valence-corrected chi connectivity index (χ1v) is 7.02. The van der Waals surface area contributed by atoms with E-state index in [-0.39, 0.29) is 5.02 Å². The Morgan fingerprint density at radius 2 is 1.90 bits per heavy atom. The molecule has 1 aliphatic rings. The topological polar surface area (TPSA) is 15.3 Å². The zero-order chi connectivity index (χ0) is 14.8. The molecule has 2 rings (SSSR count). The second-order valence-corrected chi connectivity index (χ2v) is 5.62. The van der Waals surface area contributed by atoms with Crippen LogP contribution in [0.1, 0.15) is 24.0 Å². The maximum Gasteiger partial charge on any atom is 0.416 e. The molecule has 2 nitrogen and oxygen atoms in total. The zero-order valence-corrected chi connectivity index (χ0v) is 12.1. The maximum absolute atomic E-state index is 12.7. The van der Waals surface area contributed by atoms with E-state index in [2.05, 4.69) is 10.2 Å². The van der Waals surface area contributed by atoms with Gasteiger partial charge in [0.25, 0.3) is 0 Å². The molecule has 6 heteroatoms. The van der Waals surface area contributed by atoms with Gasteiger partial charge in [-0.1, -0.05) is 11.6 Å². The lowest BCUT2D eigenvalue weighted by Gasteiger charge is -2.31. The summed E-state index contributed by atoms with van der Waals surface area (Å²) in [6.07, 6.45) is -2.31. The van der Waals surface area contributed by atoms with Crippen molar-refractivity contribution >= 4 is 11.6 Å². The van der Waals surface area contributed by atoms with Gasteiger partial charge in [0.2, 0.25) is 0 Å². The van der Waals surface area contributed by atoms with Crippen LogP contribution in [0.5, 0.6) is 0 Å². The van der Waals surface area contributed by atoms with Crippen LogP contribution in [0.4, 0.5) is 13.2 Å². The monoisotopic (exact) mass is 306 g/mol. The minimum atomic E-state index is -4.35. The van der Waals surface area contributed by atoms with Crippen LogP contribution in [0, 0.1) is 0 Å². The molecule has 0 bridgehead atoms. The highest BCUT2D eigenvalue weighted by Gasteiger charge is 2.31. The molecule has 1 heterocycles. The quantitative estimate of drug-likeness (QED) is 0.919. The van der Waals surface area contributed by atoms with E-state index < -0.39 is 11.7 Å². The molecule has 20 heavy (non-hydrogen) atoms. The fourth-order valence-electron chi connectivity index (χ4n) is 2.54. The Bertz CT molecular complexity index is 454. The normalized spacial score (nSPS) is 18.4. The number of rotatable bonds is 3. The molecule has 0 aliphatic carbocycles. The van der Waals surface area contributed by atoms with Crippen molar-refractivity contribution in [2.24, 2.45) is 0 Å². The maximum atomic E-state index is 12.7. The van der Waals surface area contributed by atoms with Gasteiger partial charge in [-0.2, -0.15) is 13.2 Å². The van der Waals surface area contributed by atoms with Crippen molar-refractivity contribution in [2.45, 2.75) is 31.6 Å². The summed E-state index contributed by atoms with van der Waals surface area (Å²) in [6.45, 7) is 2.29. The zero-order valence-electron chi connectivity index (χ0n) is 11.3. The summed E-state index contributed by atoms with van der Waals surface area (Å²) < 4.78 is 38.2. The lowest BCUT2D eigenvalue weighted by atomic mass is 10.0. The summed E-state index contributed by atoms with van der Waals surface area (Å²) >= 11 is 5.79. The van der Waals surface area contributed by atoms with Crippen molar-refractivity contribution in [1.29, 1.82) is 0 Å². The van der Waals surface area contributed by atoms with Crippen molar-refractivity contribution < 1.29 is 13.2 Å². The van der Waals surface area contributed by atoms with Gasteiger partial charge in [-0.3, -0.25) is 4.90 Å². The van der Waals surface area contributed by atoms with Crippen molar-refractivity contribution in [3.05, 3.63) is 34.3 Å². The molecule has 1 saturated heterocycles. The Labute approximate surface area is 121 Å². The first kappa shape index (κ1) is 15.6. The Hall–Kier alpha value is -0.780. The summed E-state index contributed by atoms with van der Waals surface area (Å²) in [5.74, 6) is 0. The summed E-state index contributed by atoms with van der Waals surface area (Å²) in [6, 6.07) is 4.28. The summed E-state index contributed by atoms with van der Waals surface area (Å²) in [5, 5.41) is 3.37. The number of hydrogen-bond donors (Lipinski definition) is 1. The smallest absolute Gasteiger partial charge is 0.317 e. The van der Waals surface area contributed by atoms with E-state index in [1.54, 1.807) is 6.07 Å². The highest BCUT2D eigenvalue weighted by atomic mass is 35.5. The van der Waals surface area contributed by atoms with E-state index in [0.717, 1.165) is 32.0 Å². The number of halogens is 4. The van der Waals surface area contributed by atoms with E-state index in [9.17, 15) is 13.2 Å². The Balaban J connectivity index is 2.05. The molecule has 1 aromatic carbocycles. The van der Waals surface area contributed by atoms with Crippen molar-refractivity contribution in [1.82, 2.24) is 10.2 Å². The number of alkyl halides is 3. The van der Waals surface area contributed by atoms with E-state index in [0.29, 0.717) is 18.2 Å². The molecule has 0 unspecified atom stereocenters. The first-order chi connectivity index (χ1) is 9.38. The van der Waals surface area contributed by atoms with Crippen LogP contribution in [0.3, 0.4) is 0 Å². The molecule has 0 amide bonds. The molecule has 1 N–H and O–H groups in total. The molecule has 1 aliphatic heterocycles. The lowest BCUT2D eigenvalue weighted by molar-refractivity contribution is -0.137. The molecule has 0 spiro atoms. The number of hydrogen-bond acceptors (Lipinski definition) is 2. The molecular weight excluding hydrogens is 289 g/mol. The highest BCUT2D eigenvalue weighted by molar-refractivity contribution is 6.30. The van der Waals surface area contributed by atoms with Crippen molar-refractivity contribution in [3.8, 4) is 0 Å². The van der Waals surface area contributed by atoms with Gasteiger partial charge in [0.1, 0.15) is 0 Å². The SMILES string of the molecule is CNC1CCN(Cc2cc(Cl)cc(C(F)(F)F)c2)CC1. The predicted molar refractivity (Wildman–Crippen MR) is 73.8 cm³/mol. The lowest BCUT2D eigenvalue weighted by Crippen LogP contribution is -2.40. The van der Waals surface area contributed by atoms with Gasteiger partial charge >= 0.3 is 6.18 Å². The van der Waals surface area contributed by atoms with Crippen molar-refractivity contribution in [2.75, 3.05) is 20.1 Å². The molecule has 0 radical (unpaired) electrons. The van der Waals surface area contributed by atoms with Gasteiger partial charge in [-0.15, -0.1) is 0 Å². The second kappa shape index (κ2) is 6.33. The van der Waals surface area contributed by atoms with Gasteiger partial charge in [-0.05, 0) is 56.7 Å². The highest BCUT2D eigenvalue weighted by Crippen LogP contribution is 2.32. The number of nitrogens with zero attached hydrogens (tertiary/aromatic N) is 1. The Morgan fingerprint density at radius 3 is 2.45 bits per heavy atom. The third kappa shape index (κ3) is 4.11. The Kier molecular flexibility index (Phi) is 4.94. The van der Waals surface area contributed by atoms with Gasteiger partial charge in [0, 0.05) is 17.6 Å². The number of likely N-dealkylation sites (tertiary alicyclic amines) is 1. The van der Waals surface area contributed by atoms with Crippen LogP contribution in [-0.4, -0.2) is 31.1 Å².